The molecule has 0 aliphatic carbocycles. The van der Waals surface area contributed by atoms with E-state index in [-0.39, 0.29) is 30.1 Å². The van der Waals surface area contributed by atoms with Crippen LogP contribution in [-0.2, 0) is 16.0 Å². The van der Waals surface area contributed by atoms with Gasteiger partial charge in [-0.1, -0.05) is 32.0 Å². The van der Waals surface area contributed by atoms with Gasteiger partial charge in [-0.25, -0.2) is 9.37 Å². The first-order valence-electron chi connectivity index (χ1n) is 8.18. The first-order chi connectivity index (χ1) is 11.9. The molecule has 0 bridgehead atoms. The summed E-state index contributed by atoms with van der Waals surface area (Å²) in [5, 5.41) is 5.72. The molecular formula is C18H22FN3O2S. The predicted molar refractivity (Wildman–Crippen MR) is 97.2 cm³/mol. The molecule has 0 fully saturated rings. The van der Waals surface area contributed by atoms with E-state index < -0.39 is 0 Å². The Morgan fingerprint density at radius 3 is 2.72 bits per heavy atom. The van der Waals surface area contributed by atoms with Crippen LogP contribution in [0.4, 0.5) is 9.52 Å². The third kappa shape index (κ3) is 5.35. The Morgan fingerprint density at radius 1 is 1.32 bits per heavy atom. The Morgan fingerprint density at radius 2 is 2.04 bits per heavy atom. The molecule has 1 heterocycles. The number of benzene rings is 1. The summed E-state index contributed by atoms with van der Waals surface area (Å²) in [6.45, 7) is 5.46. The third-order valence-electron chi connectivity index (χ3n) is 3.93. The molecule has 0 spiro atoms. The molecule has 1 unspecified atom stereocenters. The van der Waals surface area contributed by atoms with Crippen LogP contribution in [-0.4, -0.2) is 23.3 Å². The van der Waals surface area contributed by atoms with Crippen molar-refractivity contribution >= 4 is 28.3 Å². The molecule has 5 nitrogen and oxygen atoms in total. The van der Waals surface area contributed by atoms with Gasteiger partial charge in [0.05, 0.1) is 12.2 Å². The molecule has 1 aromatic heterocycles. The second-order valence-electron chi connectivity index (χ2n) is 5.87. The van der Waals surface area contributed by atoms with Crippen LogP contribution in [0.1, 0.15) is 36.4 Å². The highest BCUT2D eigenvalue weighted by molar-refractivity contribution is 7.15. The molecule has 7 heteroatoms. The maximum absolute atomic E-state index is 13.8. The predicted octanol–water partition coefficient (Wildman–Crippen LogP) is 3.28. The van der Waals surface area contributed by atoms with E-state index in [2.05, 4.69) is 15.6 Å². The van der Waals surface area contributed by atoms with Gasteiger partial charge < -0.3 is 10.6 Å². The van der Waals surface area contributed by atoms with E-state index >= 15 is 0 Å². The topological polar surface area (TPSA) is 71.1 Å². The van der Waals surface area contributed by atoms with Gasteiger partial charge in [-0.05, 0) is 25.0 Å². The van der Waals surface area contributed by atoms with Crippen LogP contribution in [0, 0.1) is 18.7 Å². The minimum Gasteiger partial charge on any atom is -0.347 e. The largest absolute Gasteiger partial charge is 0.347 e. The summed E-state index contributed by atoms with van der Waals surface area (Å²) in [4.78, 5) is 28.8. The molecule has 134 valence electrons. The van der Waals surface area contributed by atoms with Crippen LogP contribution in [0.25, 0.3) is 0 Å². The van der Waals surface area contributed by atoms with Crippen LogP contribution in [0.2, 0.25) is 0 Å². The third-order valence-corrected chi connectivity index (χ3v) is 5.00. The van der Waals surface area contributed by atoms with Gasteiger partial charge in [-0.15, -0.1) is 11.3 Å². The van der Waals surface area contributed by atoms with Crippen molar-refractivity contribution in [3.05, 3.63) is 46.2 Å². The number of nitrogens with zero attached hydrogens (tertiary/aromatic N) is 1. The molecule has 2 amide bonds. The van der Waals surface area contributed by atoms with E-state index in [0.29, 0.717) is 17.1 Å². The van der Waals surface area contributed by atoms with Crippen LogP contribution < -0.4 is 10.6 Å². The Hall–Kier alpha value is -2.28. The highest BCUT2D eigenvalue weighted by Crippen LogP contribution is 2.25. The van der Waals surface area contributed by atoms with Gasteiger partial charge >= 0.3 is 0 Å². The van der Waals surface area contributed by atoms with Crippen LogP contribution in [0.5, 0.6) is 0 Å². The number of hydrogen-bond donors (Lipinski definition) is 2. The molecule has 1 aromatic carbocycles. The van der Waals surface area contributed by atoms with Gasteiger partial charge in [-0.2, -0.15) is 0 Å². The van der Waals surface area contributed by atoms with Gasteiger partial charge in [0.2, 0.25) is 11.8 Å². The minimum atomic E-state index is -0.331. The van der Waals surface area contributed by atoms with E-state index in [1.54, 1.807) is 18.2 Å². The number of carbonyl (C=O) groups is 2. The number of halogens is 1. The van der Waals surface area contributed by atoms with Gasteiger partial charge in [0, 0.05) is 17.2 Å². The standard InChI is InChI=1S/C18H22FN3O2S/c1-4-11(2)17(24)20-10-16(23)22-18-21-12(3)15(25-18)9-13-7-5-6-8-14(13)19/h5-8,11H,4,9-10H2,1-3H3,(H,20,24)(H,21,22,23). The van der Waals surface area contributed by atoms with Crippen molar-refractivity contribution in [3.63, 3.8) is 0 Å². The summed E-state index contributed by atoms with van der Waals surface area (Å²) in [5.41, 5.74) is 1.35. The Labute approximate surface area is 150 Å². The number of aryl methyl sites for hydroxylation is 1. The summed E-state index contributed by atoms with van der Waals surface area (Å²) in [7, 11) is 0. The number of anilines is 1. The lowest BCUT2D eigenvalue weighted by Gasteiger charge is -2.09. The highest BCUT2D eigenvalue weighted by atomic mass is 32.1. The lowest BCUT2D eigenvalue weighted by atomic mass is 10.1. The molecule has 2 aromatic rings. The van der Waals surface area contributed by atoms with Crippen molar-refractivity contribution in [1.29, 1.82) is 0 Å². The monoisotopic (exact) mass is 363 g/mol. The van der Waals surface area contributed by atoms with Crippen LogP contribution in [0.3, 0.4) is 0 Å². The quantitative estimate of drug-likeness (QED) is 0.793. The second kappa shape index (κ2) is 8.71. The summed E-state index contributed by atoms with van der Waals surface area (Å²) in [6.07, 6.45) is 1.15. The number of rotatable bonds is 7. The molecule has 1 atom stereocenters. The maximum Gasteiger partial charge on any atom is 0.245 e. The Bertz CT molecular complexity index is 761. The summed E-state index contributed by atoms with van der Waals surface area (Å²) in [5.74, 6) is -0.855. The molecule has 0 saturated heterocycles. The molecular weight excluding hydrogens is 341 g/mol. The average molecular weight is 363 g/mol. The fourth-order valence-corrected chi connectivity index (χ4v) is 3.15. The summed E-state index contributed by atoms with van der Waals surface area (Å²) >= 11 is 1.31. The second-order valence-corrected chi connectivity index (χ2v) is 6.95. The SMILES string of the molecule is CCC(C)C(=O)NCC(=O)Nc1nc(C)c(Cc2ccccc2F)s1. The van der Waals surface area contributed by atoms with Crippen molar-refractivity contribution in [1.82, 2.24) is 10.3 Å². The first-order valence-corrected chi connectivity index (χ1v) is 8.99. The van der Waals surface area contributed by atoms with Gasteiger partial charge in [0.15, 0.2) is 5.13 Å². The van der Waals surface area contributed by atoms with E-state index in [9.17, 15) is 14.0 Å². The number of amides is 2. The molecule has 25 heavy (non-hydrogen) atoms. The fourth-order valence-electron chi connectivity index (χ4n) is 2.15. The zero-order chi connectivity index (χ0) is 18.4. The fraction of sp³-hybridized carbons (Fsp3) is 0.389. The molecule has 0 aliphatic rings. The molecule has 0 aliphatic heterocycles. The zero-order valence-electron chi connectivity index (χ0n) is 14.6. The first kappa shape index (κ1) is 19.1. The van der Waals surface area contributed by atoms with Crippen LogP contribution >= 0.6 is 11.3 Å². The lowest BCUT2D eigenvalue weighted by molar-refractivity contribution is -0.126. The van der Waals surface area contributed by atoms with Crippen molar-refractivity contribution in [3.8, 4) is 0 Å². The molecule has 0 radical (unpaired) electrons. The maximum atomic E-state index is 13.8. The number of thiazole rings is 1. The van der Waals surface area contributed by atoms with E-state index in [1.165, 1.54) is 17.4 Å². The molecule has 0 saturated carbocycles. The van der Waals surface area contributed by atoms with E-state index in [0.717, 1.165) is 17.0 Å². The number of hydrogen-bond acceptors (Lipinski definition) is 4. The van der Waals surface area contributed by atoms with Crippen molar-refractivity contribution in [2.24, 2.45) is 5.92 Å². The molecule has 2 rings (SSSR count). The Kier molecular flexibility index (Phi) is 6.64. The number of carbonyl (C=O) groups excluding carboxylic acids is 2. The van der Waals surface area contributed by atoms with Crippen LogP contribution in [0.15, 0.2) is 24.3 Å². The van der Waals surface area contributed by atoms with Crippen molar-refractivity contribution in [2.75, 3.05) is 11.9 Å². The number of nitrogens with one attached hydrogen (secondary N) is 2. The lowest BCUT2D eigenvalue weighted by Crippen LogP contribution is -2.35. The van der Waals surface area contributed by atoms with Crippen molar-refractivity contribution in [2.45, 2.75) is 33.6 Å². The summed E-state index contributed by atoms with van der Waals surface area (Å²) < 4.78 is 13.8. The molecule has 2 N–H and O–H groups in total. The minimum absolute atomic E-state index is 0.0928. The highest BCUT2D eigenvalue weighted by Gasteiger charge is 2.14. The van der Waals surface area contributed by atoms with E-state index in [1.807, 2.05) is 20.8 Å². The van der Waals surface area contributed by atoms with Gasteiger partial charge in [-0.3, -0.25) is 9.59 Å². The zero-order valence-corrected chi connectivity index (χ0v) is 15.4. The van der Waals surface area contributed by atoms with Gasteiger partial charge in [0.25, 0.3) is 0 Å². The van der Waals surface area contributed by atoms with Gasteiger partial charge in [0.1, 0.15) is 5.82 Å². The number of aromatic nitrogens is 1. The normalized spacial score (nSPS) is 11.8. The summed E-state index contributed by atoms with van der Waals surface area (Å²) in [6, 6.07) is 6.60. The van der Waals surface area contributed by atoms with Crippen molar-refractivity contribution < 1.29 is 14.0 Å². The average Bonchev–Trinajstić information content (AvgIpc) is 2.93. The van der Waals surface area contributed by atoms with E-state index in [4.69, 9.17) is 0 Å². The Balaban J connectivity index is 1.94. The smallest absolute Gasteiger partial charge is 0.245 e.